The van der Waals surface area contributed by atoms with Crippen molar-refractivity contribution in [2.45, 2.75) is 0 Å². The first kappa shape index (κ1) is 15.7. The molecule has 0 N–H and O–H groups in total. The first-order valence-corrected chi connectivity index (χ1v) is 4.11. The number of hydrogen-bond donors (Lipinski definition) is 0. The van der Waals surface area contributed by atoms with Crippen LogP contribution in [0.3, 0.4) is 0 Å². The third kappa shape index (κ3) is 54.3. The Morgan fingerprint density at radius 3 is 1.17 bits per heavy atom. The monoisotopic (exact) mass is 238 g/mol. The van der Waals surface area contributed by atoms with Gasteiger partial charge in [0.25, 0.3) is 0 Å². The second-order valence-corrected chi connectivity index (χ2v) is 1.68. The minimum absolute atomic E-state index is 0. The maximum Gasteiger partial charge on any atom is -0.0395 e. The average molecular weight is 237 g/mol. The fraction of sp³-hybridized carbons (Fsp3) is 0. The second kappa shape index (κ2) is 9.62. The Hall–Kier alpha value is 1.38. The van der Waals surface area contributed by atoms with Crippen molar-refractivity contribution in [2.75, 3.05) is 0 Å². The van der Waals surface area contributed by atoms with E-state index >= 15 is 0 Å². The predicted octanol–water partition coefficient (Wildman–Crippen LogP) is -3.30. The minimum Gasteiger partial charge on any atom is -0.0395 e. The van der Waals surface area contributed by atoms with Crippen LogP contribution < -0.4 is 6.89 Å². The summed E-state index contributed by atoms with van der Waals surface area (Å²) in [6, 6.07) is 0. The Balaban J connectivity index is -0.0000000450. The third-order valence-electron chi connectivity index (χ3n) is 0. The Morgan fingerprint density at radius 1 is 1.17 bits per heavy atom. The minimum atomic E-state index is -4.29. The molecule has 0 aliphatic carbocycles. The molecule has 0 amide bonds. The van der Waals surface area contributed by atoms with Crippen molar-refractivity contribution in [3.8, 4) is 0 Å². The molecule has 6 heavy (non-hydrogen) atoms. The standard InChI is InChI=1S/3O.2H3P.Sn/h;;;2*1H3;/q;2*-1;;;/p+2. The fourth-order valence-corrected chi connectivity index (χ4v) is 0. The van der Waals surface area contributed by atoms with Crippen molar-refractivity contribution in [1.82, 2.24) is 0 Å². The van der Waals surface area contributed by atoms with E-state index in [0.29, 0.717) is 0 Å². The van der Waals surface area contributed by atoms with Crippen LogP contribution in [0.15, 0.2) is 0 Å². The van der Waals surface area contributed by atoms with Gasteiger partial charge in [-0.25, -0.2) is 0 Å². The van der Waals surface area contributed by atoms with Crippen molar-refractivity contribution in [3.05, 3.63) is 0 Å². The molecule has 0 radical (unpaired) electrons. The van der Waals surface area contributed by atoms with Crippen LogP contribution in [0.4, 0.5) is 0 Å². The maximum absolute atomic E-state index is 8.61. The quantitative estimate of drug-likeness (QED) is 0.327. The summed E-state index contributed by atoms with van der Waals surface area (Å²) in [4.78, 5) is 0. The zero-order valence-corrected chi connectivity index (χ0v) is 10.6. The first-order chi connectivity index (χ1) is 1.73. The van der Waals surface area contributed by atoms with Crippen LogP contribution in [0, 0.1) is 0 Å². The van der Waals surface area contributed by atoms with E-state index < -0.39 is 20.6 Å². The Kier molecular flexibility index (Phi) is 25.1. The molecule has 0 aliphatic rings. The fourth-order valence-electron chi connectivity index (χ4n) is 0. The molecule has 2 unspecified atom stereocenters. The van der Waals surface area contributed by atoms with Gasteiger partial charge in [0, 0.05) is 0 Å². The molecule has 0 rings (SSSR count). The SMILES string of the molecule is [O]=[Sn]([O-])[O-].[PH4+].[PH4+]. The van der Waals surface area contributed by atoms with Crippen LogP contribution in [-0.4, -0.2) is 20.6 Å². The molecule has 3 nitrogen and oxygen atoms in total. The van der Waals surface area contributed by atoms with E-state index in [4.69, 9.17) is 9.96 Å². The normalized spacial score (nSPS) is 4.33. The summed E-state index contributed by atoms with van der Waals surface area (Å²) in [5.74, 6) is 0. The summed E-state index contributed by atoms with van der Waals surface area (Å²) >= 11 is -4.29. The van der Waals surface area contributed by atoms with Gasteiger partial charge in [0.15, 0.2) is 0 Å². The van der Waals surface area contributed by atoms with E-state index in [1.165, 1.54) is 0 Å². The summed E-state index contributed by atoms with van der Waals surface area (Å²) in [6.45, 7) is 0. The summed E-state index contributed by atoms with van der Waals surface area (Å²) in [5, 5.41) is 0. The van der Waals surface area contributed by atoms with Gasteiger partial charge in [-0.15, -0.1) is 0 Å². The number of hydrogen-bond acceptors (Lipinski definition) is 3. The summed E-state index contributed by atoms with van der Waals surface area (Å²) in [6.07, 6.45) is 0. The Morgan fingerprint density at radius 2 is 1.17 bits per heavy atom. The maximum atomic E-state index is 8.61. The molecular weight excluding hydrogens is 229 g/mol. The van der Waals surface area contributed by atoms with Crippen LogP contribution >= 0.6 is 19.8 Å². The molecule has 0 spiro atoms. The molecule has 0 bridgehead atoms. The van der Waals surface area contributed by atoms with Crippen molar-refractivity contribution in [3.63, 3.8) is 0 Å². The van der Waals surface area contributed by atoms with E-state index in [9.17, 15) is 0 Å². The van der Waals surface area contributed by atoms with Gasteiger partial charge < -0.3 is 0 Å². The smallest absolute Gasteiger partial charge is 0.0395 e. The topological polar surface area (TPSA) is 63.2 Å². The zero-order chi connectivity index (χ0) is 3.58. The summed E-state index contributed by atoms with van der Waals surface area (Å²) in [7, 11) is 0. The van der Waals surface area contributed by atoms with Gasteiger partial charge in [-0.3, -0.25) is 0 Å². The molecule has 0 heterocycles. The molecule has 0 saturated carbocycles. The molecule has 40 valence electrons. The van der Waals surface area contributed by atoms with Crippen LogP contribution in [0.5, 0.6) is 0 Å². The van der Waals surface area contributed by atoms with Crippen LogP contribution in [0.2, 0.25) is 0 Å². The zero-order valence-electron chi connectivity index (χ0n) is 3.72. The van der Waals surface area contributed by atoms with Crippen LogP contribution in [0.1, 0.15) is 0 Å². The Bertz CT molecular complexity index is 31.8. The van der Waals surface area contributed by atoms with Gasteiger partial charge in [0.05, 0.1) is 0 Å². The van der Waals surface area contributed by atoms with Crippen molar-refractivity contribution in [2.24, 2.45) is 0 Å². The van der Waals surface area contributed by atoms with Crippen molar-refractivity contribution in [1.29, 1.82) is 0 Å². The van der Waals surface area contributed by atoms with Crippen LogP contribution in [-0.2, 0) is 3.08 Å². The first-order valence-electron chi connectivity index (χ1n) is 0.612. The van der Waals surface area contributed by atoms with E-state index in [0.717, 1.165) is 0 Å². The average Bonchev–Trinajstić information content (AvgIpc) is 0.811. The van der Waals surface area contributed by atoms with E-state index in [2.05, 4.69) is 0 Å². The van der Waals surface area contributed by atoms with Gasteiger partial charge in [-0.2, -0.15) is 0 Å². The largest absolute Gasteiger partial charge is 0.0395 e. The molecule has 0 aliphatic heterocycles. The van der Waals surface area contributed by atoms with E-state index in [1.807, 2.05) is 0 Å². The van der Waals surface area contributed by atoms with E-state index in [-0.39, 0.29) is 19.8 Å². The van der Waals surface area contributed by atoms with Gasteiger partial charge in [0.1, 0.15) is 0 Å². The molecule has 6 heteroatoms. The predicted molar refractivity (Wildman–Crippen MR) is 31.4 cm³/mol. The molecule has 0 aromatic heterocycles. The van der Waals surface area contributed by atoms with Gasteiger partial charge in [-0.05, 0) is 19.8 Å². The summed E-state index contributed by atoms with van der Waals surface area (Å²) in [5.41, 5.74) is 0. The van der Waals surface area contributed by atoms with Crippen molar-refractivity contribution < 1.29 is 9.96 Å². The third-order valence-corrected chi connectivity index (χ3v) is 0. The van der Waals surface area contributed by atoms with Gasteiger partial charge in [-0.1, -0.05) is 0 Å². The molecule has 0 aromatic carbocycles. The van der Waals surface area contributed by atoms with Gasteiger partial charge >= 0.3 is 30.5 Å². The Labute approximate surface area is 50.6 Å². The molecule has 0 fully saturated rings. The van der Waals surface area contributed by atoms with Crippen LogP contribution in [0.25, 0.3) is 0 Å². The molecule has 0 saturated heterocycles. The molecule has 2 atom stereocenters. The molecule has 0 aromatic rings. The van der Waals surface area contributed by atoms with E-state index in [1.54, 1.807) is 0 Å². The number of rotatable bonds is 0. The van der Waals surface area contributed by atoms with Crippen molar-refractivity contribution >= 4 is 40.4 Å². The molecular formula is H8O3P2Sn. The summed E-state index contributed by atoms with van der Waals surface area (Å²) < 4.78 is 25.8. The van der Waals surface area contributed by atoms with Gasteiger partial charge in [0.2, 0.25) is 0 Å². The second-order valence-electron chi connectivity index (χ2n) is 0.250.